The van der Waals surface area contributed by atoms with Crippen LogP contribution in [-0.2, 0) is 0 Å². The van der Waals surface area contributed by atoms with Gasteiger partial charge in [0.2, 0.25) is 0 Å². The summed E-state index contributed by atoms with van der Waals surface area (Å²) in [5.74, 6) is 0.778. The first-order valence-electron chi connectivity index (χ1n) is 7.25. The predicted octanol–water partition coefficient (Wildman–Crippen LogP) is 2.59. The number of hydrogen-bond donors (Lipinski definition) is 1. The molecule has 1 saturated heterocycles. The van der Waals surface area contributed by atoms with Gasteiger partial charge in [-0.3, -0.25) is 15.0 Å². The van der Waals surface area contributed by atoms with Crippen LogP contribution in [0.15, 0.2) is 24.3 Å². The van der Waals surface area contributed by atoms with E-state index in [9.17, 15) is 10.1 Å². The van der Waals surface area contributed by atoms with Crippen molar-refractivity contribution in [2.45, 2.75) is 25.8 Å². The van der Waals surface area contributed by atoms with E-state index in [1.165, 1.54) is 12.8 Å². The summed E-state index contributed by atoms with van der Waals surface area (Å²) in [4.78, 5) is 12.8. The van der Waals surface area contributed by atoms with E-state index in [2.05, 4.69) is 17.1 Å². The molecule has 0 bridgehead atoms. The summed E-state index contributed by atoms with van der Waals surface area (Å²) in [5.41, 5.74) is 1.32. The van der Waals surface area contributed by atoms with E-state index in [0.29, 0.717) is 6.04 Å². The van der Waals surface area contributed by atoms with E-state index in [1.807, 2.05) is 19.2 Å². The van der Waals surface area contributed by atoms with Crippen LogP contribution >= 0.6 is 0 Å². The van der Waals surface area contributed by atoms with E-state index in [1.54, 1.807) is 12.1 Å². The van der Waals surface area contributed by atoms with Crippen molar-refractivity contribution < 1.29 is 4.92 Å². The Kier molecular flexibility index (Phi) is 5.09. The van der Waals surface area contributed by atoms with Crippen LogP contribution in [0.3, 0.4) is 0 Å². The molecule has 1 heterocycles. The van der Waals surface area contributed by atoms with Gasteiger partial charge in [0, 0.05) is 18.2 Å². The number of nitro groups is 1. The van der Waals surface area contributed by atoms with E-state index in [-0.39, 0.29) is 10.6 Å². The van der Waals surface area contributed by atoms with Crippen LogP contribution in [-0.4, -0.2) is 36.5 Å². The highest BCUT2D eigenvalue weighted by Crippen LogP contribution is 2.27. The van der Waals surface area contributed by atoms with Crippen LogP contribution in [0.1, 0.15) is 31.4 Å². The first-order chi connectivity index (χ1) is 9.61. The van der Waals surface area contributed by atoms with Crippen molar-refractivity contribution in [2.75, 3.05) is 26.7 Å². The van der Waals surface area contributed by atoms with Crippen LogP contribution in [0.2, 0.25) is 0 Å². The smallest absolute Gasteiger partial charge is 0.269 e. The number of rotatable bonds is 5. The molecule has 1 aromatic rings. The molecule has 20 heavy (non-hydrogen) atoms. The zero-order valence-corrected chi connectivity index (χ0v) is 12.2. The summed E-state index contributed by atoms with van der Waals surface area (Å²) < 4.78 is 0. The summed E-state index contributed by atoms with van der Waals surface area (Å²) in [5, 5.41) is 13.9. The lowest BCUT2D eigenvalue weighted by Gasteiger charge is -2.36. The highest BCUT2D eigenvalue weighted by Gasteiger charge is 2.23. The molecule has 110 valence electrons. The molecule has 0 aliphatic carbocycles. The minimum Gasteiger partial charge on any atom is -0.319 e. The van der Waals surface area contributed by atoms with Crippen LogP contribution < -0.4 is 5.32 Å². The minimum atomic E-state index is -0.350. The number of nitrogens with one attached hydrogen (secondary N) is 1. The molecule has 0 saturated carbocycles. The van der Waals surface area contributed by atoms with Crippen molar-refractivity contribution >= 4 is 5.69 Å². The Hall–Kier alpha value is -1.46. The Balaban J connectivity index is 1.94. The summed E-state index contributed by atoms with van der Waals surface area (Å²) in [6.07, 6.45) is 2.44. The molecule has 2 rings (SSSR count). The number of non-ortho nitro benzene ring substituents is 1. The molecule has 5 nitrogen and oxygen atoms in total. The normalized spacial score (nSPS) is 18.9. The van der Waals surface area contributed by atoms with E-state index < -0.39 is 0 Å². The highest BCUT2D eigenvalue weighted by atomic mass is 16.6. The molecular formula is C15H23N3O2. The second kappa shape index (κ2) is 6.81. The first kappa shape index (κ1) is 14.9. The van der Waals surface area contributed by atoms with Gasteiger partial charge in [-0.1, -0.05) is 12.1 Å². The molecule has 1 atom stereocenters. The van der Waals surface area contributed by atoms with E-state index in [0.717, 1.165) is 31.1 Å². The molecule has 5 heteroatoms. The number of nitro benzene ring substituents is 1. The Morgan fingerprint density at radius 1 is 1.35 bits per heavy atom. The Labute approximate surface area is 120 Å². The standard InChI is InChI=1S/C15H23N3O2/c1-12(14-3-5-15(6-4-14)18(19)20)17-9-7-13(8-10-17)11-16-2/h3-6,12-13,16H,7-11H2,1-2H3. The summed E-state index contributed by atoms with van der Waals surface area (Å²) in [6.45, 7) is 5.48. The van der Waals surface area contributed by atoms with Crippen LogP contribution in [0, 0.1) is 16.0 Å². The highest BCUT2D eigenvalue weighted by molar-refractivity contribution is 5.34. The number of benzene rings is 1. The quantitative estimate of drug-likeness (QED) is 0.664. The van der Waals surface area contributed by atoms with Gasteiger partial charge in [-0.15, -0.1) is 0 Å². The fraction of sp³-hybridized carbons (Fsp3) is 0.600. The third-order valence-corrected chi connectivity index (χ3v) is 4.28. The summed E-state index contributed by atoms with van der Waals surface area (Å²) in [7, 11) is 2.01. The van der Waals surface area contributed by atoms with Gasteiger partial charge in [0.1, 0.15) is 0 Å². The second-order valence-electron chi connectivity index (χ2n) is 5.56. The van der Waals surface area contributed by atoms with Crippen LogP contribution in [0.5, 0.6) is 0 Å². The maximum Gasteiger partial charge on any atom is 0.269 e. The SMILES string of the molecule is CNCC1CCN(C(C)c2ccc([N+](=O)[O-])cc2)CC1. The minimum absolute atomic E-state index is 0.161. The summed E-state index contributed by atoms with van der Waals surface area (Å²) in [6, 6.07) is 7.27. The van der Waals surface area contributed by atoms with Gasteiger partial charge in [0.25, 0.3) is 5.69 Å². The molecule has 0 radical (unpaired) electrons. The fourth-order valence-corrected chi connectivity index (χ4v) is 2.92. The largest absolute Gasteiger partial charge is 0.319 e. The maximum absolute atomic E-state index is 10.7. The lowest BCUT2D eigenvalue weighted by molar-refractivity contribution is -0.384. The molecule has 1 aliphatic heterocycles. The molecule has 1 aliphatic rings. The molecule has 1 unspecified atom stereocenters. The van der Waals surface area contributed by atoms with Crippen LogP contribution in [0.25, 0.3) is 0 Å². The number of likely N-dealkylation sites (tertiary alicyclic amines) is 1. The molecule has 0 spiro atoms. The third kappa shape index (κ3) is 3.55. The van der Waals surface area contributed by atoms with Crippen molar-refractivity contribution in [1.29, 1.82) is 0 Å². The molecule has 1 N–H and O–H groups in total. The molecule has 0 aromatic heterocycles. The number of hydrogen-bond acceptors (Lipinski definition) is 4. The lowest BCUT2D eigenvalue weighted by Crippen LogP contribution is -2.38. The van der Waals surface area contributed by atoms with Crippen molar-refractivity contribution in [1.82, 2.24) is 10.2 Å². The summed E-state index contributed by atoms with van der Waals surface area (Å²) >= 11 is 0. The van der Waals surface area contributed by atoms with E-state index >= 15 is 0 Å². The predicted molar refractivity (Wildman–Crippen MR) is 79.7 cm³/mol. The van der Waals surface area contributed by atoms with Crippen molar-refractivity contribution in [3.8, 4) is 0 Å². The monoisotopic (exact) mass is 277 g/mol. The van der Waals surface area contributed by atoms with Crippen LogP contribution in [0.4, 0.5) is 5.69 Å². The molecule has 0 amide bonds. The van der Waals surface area contributed by atoms with Gasteiger partial charge >= 0.3 is 0 Å². The van der Waals surface area contributed by atoms with Gasteiger partial charge in [-0.05, 0) is 57.9 Å². The van der Waals surface area contributed by atoms with E-state index in [4.69, 9.17) is 0 Å². The fourth-order valence-electron chi connectivity index (χ4n) is 2.92. The average molecular weight is 277 g/mol. The van der Waals surface area contributed by atoms with Crippen molar-refractivity contribution in [2.24, 2.45) is 5.92 Å². The topological polar surface area (TPSA) is 58.4 Å². The Bertz CT molecular complexity index is 439. The van der Waals surface area contributed by atoms with Crippen molar-refractivity contribution in [3.05, 3.63) is 39.9 Å². The lowest BCUT2D eigenvalue weighted by atomic mass is 9.94. The van der Waals surface area contributed by atoms with Gasteiger partial charge in [0.15, 0.2) is 0 Å². The maximum atomic E-state index is 10.7. The third-order valence-electron chi connectivity index (χ3n) is 4.28. The van der Waals surface area contributed by atoms with Gasteiger partial charge in [-0.25, -0.2) is 0 Å². The zero-order valence-electron chi connectivity index (χ0n) is 12.2. The Morgan fingerprint density at radius 3 is 2.45 bits per heavy atom. The molecule has 1 aromatic carbocycles. The number of piperidine rings is 1. The average Bonchev–Trinajstić information content (AvgIpc) is 2.48. The van der Waals surface area contributed by atoms with Gasteiger partial charge in [0.05, 0.1) is 4.92 Å². The van der Waals surface area contributed by atoms with Gasteiger partial charge < -0.3 is 5.32 Å². The zero-order chi connectivity index (χ0) is 14.5. The Morgan fingerprint density at radius 2 is 1.95 bits per heavy atom. The van der Waals surface area contributed by atoms with Crippen molar-refractivity contribution in [3.63, 3.8) is 0 Å². The first-order valence-corrected chi connectivity index (χ1v) is 7.25. The molecular weight excluding hydrogens is 254 g/mol. The second-order valence-corrected chi connectivity index (χ2v) is 5.56. The number of nitrogens with zero attached hydrogens (tertiary/aromatic N) is 2. The van der Waals surface area contributed by atoms with Gasteiger partial charge in [-0.2, -0.15) is 0 Å². The molecule has 1 fully saturated rings.